The van der Waals surface area contributed by atoms with E-state index in [-0.39, 0.29) is 12.3 Å². The van der Waals surface area contributed by atoms with Crippen molar-refractivity contribution in [2.45, 2.75) is 19.3 Å². The van der Waals surface area contributed by atoms with Gasteiger partial charge < -0.3 is 19.4 Å². The molecule has 0 bridgehead atoms. The van der Waals surface area contributed by atoms with Crippen LogP contribution in [0.1, 0.15) is 17.0 Å². The SMILES string of the molecule is COc1ccc(CC(=O)Nc2cccc(CCc3nc4ccccc4n3C)c2)cc1OC. The lowest BCUT2D eigenvalue weighted by molar-refractivity contribution is -0.115. The second kappa shape index (κ2) is 9.56. The second-order valence-electron chi connectivity index (χ2n) is 7.69. The van der Waals surface area contributed by atoms with Crippen molar-refractivity contribution < 1.29 is 14.3 Å². The number of rotatable bonds is 8. The van der Waals surface area contributed by atoms with E-state index in [4.69, 9.17) is 14.5 Å². The number of nitrogens with zero attached hydrogens (tertiary/aromatic N) is 2. The van der Waals surface area contributed by atoms with Crippen LogP contribution in [0.5, 0.6) is 11.5 Å². The molecule has 6 nitrogen and oxygen atoms in total. The maximum absolute atomic E-state index is 12.6. The van der Waals surface area contributed by atoms with Crippen LogP contribution >= 0.6 is 0 Å². The Kier molecular flexibility index (Phi) is 6.40. The summed E-state index contributed by atoms with van der Waals surface area (Å²) < 4.78 is 12.7. The number of nitrogens with one attached hydrogen (secondary N) is 1. The molecule has 1 N–H and O–H groups in total. The Morgan fingerprint density at radius 1 is 0.906 bits per heavy atom. The fourth-order valence-electron chi connectivity index (χ4n) is 3.86. The highest BCUT2D eigenvalue weighted by Crippen LogP contribution is 2.28. The number of hydrogen-bond acceptors (Lipinski definition) is 4. The largest absolute Gasteiger partial charge is 0.493 e. The molecule has 1 heterocycles. The average Bonchev–Trinajstić information content (AvgIpc) is 3.13. The maximum atomic E-state index is 12.6. The van der Waals surface area contributed by atoms with Gasteiger partial charge >= 0.3 is 0 Å². The normalized spacial score (nSPS) is 10.8. The van der Waals surface area contributed by atoms with Gasteiger partial charge in [0.05, 0.1) is 31.7 Å². The first-order chi connectivity index (χ1) is 15.6. The summed E-state index contributed by atoms with van der Waals surface area (Å²) in [6.07, 6.45) is 1.93. The minimum absolute atomic E-state index is 0.0790. The number of anilines is 1. The minimum Gasteiger partial charge on any atom is -0.493 e. The third-order valence-electron chi connectivity index (χ3n) is 5.54. The Balaban J connectivity index is 1.39. The van der Waals surface area contributed by atoms with Gasteiger partial charge in [0, 0.05) is 19.2 Å². The molecule has 0 atom stereocenters. The number of aromatic nitrogens is 2. The van der Waals surface area contributed by atoms with Crippen LogP contribution in [0, 0.1) is 0 Å². The van der Waals surface area contributed by atoms with E-state index in [2.05, 4.69) is 29.1 Å². The Bertz CT molecular complexity index is 1250. The van der Waals surface area contributed by atoms with Crippen molar-refractivity contribution in [2.24, 2.45) is 7.05 Å². The van der Waals surface area contributed by atoms with E-state index in [0.717, 1.165) is 46.5 Å². The van der Waals surface area contributed by atoms with Crippen LogP contribution in [0.2, 0.25) is 0 Å². The summed E-state index contributed by atoms with van der Waals surface area (Å²) in [5.41, 5.74) is 4.96. The molecule has 0 aliphatic carbocycles. The molecule has 0 radical (unpaired) electrons. The van der Waals surface area contributed by atoms with Crippen molar-refractivity contribution in [1.82, 2.24) is 9.55 Å². The van der Waals surface area contributed by atoms with Crippen LogP contribution in [0.15, 0.2) is 66.7 Å². The predicted molar refractivity (Wildman–Crippen MR) is 126 cm³/mol. The molecular weight excluding hydrogens is 402 g/mol. The van der Waals surface area contributed by atoms with Gasteiger partial charge in [-0.2, -0.15) is 0 Å². The van der Waals surface area contributed by atoms with Gasteiger partial charge in [0.25, 0.3) is 0 Å². The summed E-state index contributed by atoms with van der Waals surface area (Å²) >= 11 is 0. The zero-order valence-corrected chi connectivity index (χ0v) is 18.6. The van der Waals surface area contributed by atoms with Gasteiger partial charge in [-0.1, -0.05) is 30.3 Å². The molecule has 4 aromatic rings. The van der Waals surface area contributed by atoms with Crippen LogP contribution in [0.4, 0.5) is 5.69 Å². The summed E-state index contributed by atoms with van der Waals surface area (Å²) in [7, 11) is 5.23. The van der Waals surface area contributed by atoms with E-state index in [9.17, 15) is 4.79 Å². The standard InChI is InChI=1S/C26H27N3O3/c1-29-22-10-5-4-9-21(22)28-25(29)14-12-18-7-6-8-20(15-18)27-26(30)17-19-11-13-23(31-2)24(16-19)32-3/h4-11,13,15-16H,12,14,17H2,1-3H3,(H,27,30). The molecule has 0 saturated carbocycles. The van der Waals surface area contributed by atoms with E-state index in [1.165, 1.54) is 0 Å². The molecule has 1 aromatic heterocycles. The topological polar surface area (TPSA) is 65.4 Å². The van der Waals surface area contributed by atoms with E-state index in [0.29, 0.717) is 11.5 Å². The molecule has 6 heteroatoms. The second-order valence-corrected chi connectivity index (χ2v) is 7.69. The minimum atomic E-state index is -0.0790. The fourth-order valence-corrected chi connectivity index (χ4v) is 3.86. The highest BCUT2D eigenvalue weighted by atomic mass is 16.5. The van der Waals surface area contributed by atoms with Gasteiger partial charge in [-0.15, -0.1) is 0 Å². The third-order valence-corrected chi connectivity index (χ3v) is 5.54. The summed E-state index contributed by atoms with van der Waals surface area (Å²) in [6, 6.07) is 21.6. The lowest BCUT2D eigenvalue weighted by atomic mass is 10.1. The quantitative estimate of drug-likeness (QED) is 0.446. The van der Waals surface area contributed by atoms with Gasteiger partial charge in [0.15, 0.2) is 11.5 Å². The first-order valence-electron chi connectivity index (χ1n) is 10.6. The Morgan fingerprint density at radius 2 is 1.72 bits per heavy atom. The Hall–Kier alpha value is -3.80. The highest BCUT2D eigenvalue weighted by molar-refractivity contribution is 5.92. The molecule has 0 fully saturated rings. The number of aryl methyl sites for hydroxylation is 3. The average molecular weight is 430 g/mol. The molecule has 0 unspecified atom stereocenters. The number of benzene rings is 3. The number of amides is 1. The van der Waals surface area contributed by atoms with Gasteiger partial charge in [-0.05, 0) is 53.9 Å². The van der Waals surface area contributed by atoms with E-state index in [1.54, 1.807) is 14.2 Å². The van der Waals surface area contributed by atoms with Crippen molar-refractivity contribution in [3.05, 3.63) is 83.7 Å². The van der Waals surface area contributed by atoms with Gasteiger partial charge in [0.2, 0.25) is 5.91 Å². The zero-order chi connectivity index (χ0) is 22.5. The van der Waals surface area contributed by atoms with Gasteiger partial charge in [-0.25, -0.2) is 4.98 Å². The fraction of sp³-hybridized carbons (Fsp3) is 0.231. The van der Waals surface area contributed by atoms with Crippen LogP contribution < -0.4 is 14.8 Å². The number of carbonyl (C=O) groups is 1. The molecule has 3 aromatic carbocycles. The number of para-hydroxylation sites is 2. The summed E-state index contributed by atoms with van der Waals surface area (Å²) in [5.74, 6) is 2.23. The first kappa shape index (κ1) is 21.4. The monoisotopic (exact) mass is 429 g/mol. The summed E-state index contributed by atoms with van der Waals surface area (Å²) in [6.45, 7) is 0. The van der Waals surface area contributed by atoms with Crippen LogP contribution in [-0.4, -0.2) is 29.7 Å². The predicted octanol–water partition coefficient (Wildman–Crippen LogP) is 4.56. The van der Waals surface area contributed by atoms with Crippen molar-refractivity contribution in [3.63, 3.8) is 0 Å². The molecule has 32 heavy (non-hydrogen) atoms. The van der Waals surface area contributed by atoms with E-state index < -0.39 is 0 Å². The van der Waals surface area contributed by atoms with Gasteiger partial charge in [-0.3, -0.25) is 4.79 Å². The van der Waals surface area contributed by atoms with Crippen molar-refractivity contribution in [2.75, 3.05) is 19.5 Å². The molecule has 164 valence electrons. The highest BCUT2D eigenvalue weighted by Gasteiger charge is 2.10. The number of ether oxygens (including phenoxy) is 2. The van der Waals surface area contributed by atoms with E-state index in [1.807, 2.05) is 54.6 Å². The number of methoxy groups -OCH3 is 2. The van der Waals surface area contributed by atoms with Crippen molar-refractivity contribution in [3.8, 4) is 11.5 Å². The Labute approximate surface area is 187 Å². The molecule has 0 saturated heterocycles. The molecule has 0 spiro atoms. The number of hydrogen-bond donors (Lipinski definition) is 1. The van der Waals surface area contributed by atoms with Crippen LogP contribution in [0.3, 0.4) is 0 Å². The number of fused-ring (bicyclic) bond motifs is 1. The smallest absolute Gasteiger partial charge is 0.228 e. The Morgan fingerprint density at radius 3 is 2.50 bits per heavy atom. The van der Waals surface area contributed by atoms with Crippen LogP contribution in [-0.2, 0) is 31.1 Å². The van der Waals surface area contributed by atoms with E-state index >= 15 is 0 Å². The maximum Gasteiger partial charge on any atom is 0.228 e. The summed E-state index contributed by atoms with van der Waals surface area (Å²) in [5, 5.41) is 3.00. The van der Waals surface area contributed by atoms with Gasteiger partial charge in [0.1, 0.15) is 5.82 Å². The van der Waals surface area contributed by atoms with Crippen LogP contribution in [0.25, 0.3) is 11.0 Å². The molecule has 0 aliphatic heterocycles. The molecular formula is C26H27N3O3. The summed E-state index contributed by atoms with van der Waals surface area (Å²) in [4.78, 5) is 17.3. The third kappa shape index (κ3) is 4.75. The number of imidazole rings is 1. The van der Waals surface area contributed by atoms with Crippen molar-refractivity contribution >= 4 is 22.6 Å². The molecule has 0 aliphatic rings. The first-order valence-corrected chi connectivity index (χ1v) is 10.6. The molecule has 1 amide bonds. The molecule has 4 rings (SSSR count). The lowest BCUT2D eigenvalue weighted by Crippen LogP contribution is -2.14. The zero-order valence-electron chi connectivity index (χ0n) is 18.6. The number of carbonyl (C=O) groups excluding carboxylic acids is 1. The van der Waals surface area contributed by atoms with Crippen molar-refractivity contribution in [1.29, 1.82) is 0 Å². The lowest BCUT2D eigenvalue weighted by Gasteiger charge is -2.10.